The van der Waals surface area contributed by atoms with E-state index in [1.165, 1.54) is 5.57 Å². The minimum Gasteiger partial charge on any atom is -0.496 e. The highest BCUT2D eigenvalue weighted by atomic mass is 16.5. The van der Waals surface area contributed by atoms with Crippen LogP contribution in [0.3, 0.4) is 0 Å². The van der Waals surface area contributed by atoms with Gasteiger partial charge >= 0.3 is 5.97 Å². The fraction of sp³-hybridized carbons (Fsp3) is 0.351. The molecule has 0 spiro atoms. The van der Waals surface area contributed by atoms with Crippen molar-refractivity contribution in [2.24, 2.45) is 5.92 Å². The molecule has 4 nitrogen and oxygen atoms in total. The van der Waals surface area contributed by atoms with Gasteiger partial charge < -0.3 is 9.47 Å². The first-order valence-electron chi connectivity index (χ1n) is 14.7. The summed E-state index contributed by atoms with van der Waals surface area (Å²) in [6.45, 7) is 12.3. The van der Waals surface area contributed by atoms with E-state index >= 15 is 0 Å². The fourth-order valence-electron chi connectivity index (χ4n) is 5.72. The molecule has 0 amide bonds. The number of aryl methyl sites for hydroxylation is 1. The number of rotatable bonds is 11. The Kier molecular flexibility index (Phi) is 9.99. The Morgan fingerprint density at radius 3 is 2.07 bits per heavy atom. The van der Waals surface area contributed by atoms with E-state index in [0.717, 1.165) is 72.1 Å². The van der Waals surface area contributed by atoms with Crippen molar-refractivity contribution in [2.75, 3.05) is 7.11 Å². The van der Waals surface area contributed by atoms with Crippen molar-refractivity contribution in [1.29, 1.82) is 0 Å². The summed E-state index contributed by atoms with van der Waals surface area (Å²) in [4.78, 5) is 25.1. The Balaban J connectivity index is 1.68. The molecule has 0 aliphatic heterocycles. The molecule has 3 aromatic rings. The van der Waals surface area contributed by atoms with Crippen LogP contribution in [0.1, 0.15) is 97.6 Å². The molecule has 0 saturated heterocycles. The molecule has 2 atom stereocenters. The summed E-state index contributed by atoms with van der Waals surface area (Å²) >= 11 is 0. The van der Waals surface area contributed by atoms with Gasteiger partial charge in [0.1, 0.15) is 11.5 Å². The summed E-state index contributed by atoms with van der Waals surface area (Å²) in [6.07, 6.45) is 8.58. The Labute approximate surface area is 245 Å². The molecular formula is C37H42O4. The first-order chi connectivity index (χ1) is 19.7. The monoisotopic (exact) mass is 550 g/mol. The number of esters is 1. The number of Topliss-reactive ketones (excluding diaryl/α,β-unsaturated/α-hetero) is 1. The molecule has 4 heteroatoms. The molecule has 4 rings (SSSR count). The standard InChI is InChI=1S/C37H42O4/c1-7-8-9-10-27-22-34(40-6)36(33-21-25(4)11-20-32(33)24(2)3)35(23-27)41-37(39)31-18-16-30(17-19-31)29-14-12-28(13-15-29)26(5)38/h12-19,21-23,32-33H,2,7-11,20H2,1,3-6H3/t32-,33+/m0/s1. The highest BCUT2D eigenvalue weighted by molar-refractivity contribution is 5.95. The average molecular weight is 551 g/mol. The van der Waals surface area contributed by atoms with Crippen molar-refractivity contribution in [2.45, 2.75) is 72.1 Å². The summed E-state index contributed by atoms with van der Waals surface area (Å²) in [7, 11) is 1.69. The average Bonchev–Trinajstić information content (AvgIpc) is 2.97. The molecule has 214 valence electrons. The van der Waals surface area contributed by atoms with E-state index in [0.29, 0.717) is 16.9 Å². The van der Waals surface area contributed by atoms with Gasteiger partial charge in [0.25, 0.3) is 0 Å². The van der Waals surface area contributed by atoms with Gasteiger partial charge in [-0.05, 0) is 93.3 Å². The second-order valence-electron chi connectivity index (χ2n) is 11.3. The van der Waals surface area contributed by atoms with Gasteiger partial charge in [-0.25, -0.2) is 4.79 Å². The number of benzene rings is 3. The lowest BCUT2D eigenvalue weighted by Gasteiger charge is -2.32. The second kappa shape index (κ2) is 13.6. The third-order valence-electron chi connectivity index (χ3n) is 8.11. The Bertz CT molecular complexity index is 1430. The maximum Gasteiger partial charge on any atom is 0.343 e. The normalized spacial score (nSPS) is 16.6. The number of ether oxygens (including phenoxy) is 2. The highest BCUT2D eigenvalue weighted by Crippen LogP contribution is 2.47. The van der Waals surface area contributed by atoms with Gasteiger partial charge in [-0.2, -0.15) is 0 Å². The van der Waals surface area contributed by atoms with Crippen LogP contribution >= 0.6 is 0 Å². The molecule has 1 aliphatic carbocycles. The lowest BCUT2D eigenvalue weighted by molar-refractivity contribution is 0.0731. The fourth-order valence-corrected chi connectivity index (χ4v) is 5.72. The zero-order valence-corrected chi connectivity index (χ0v) is 25.1. The maximum atomic E-state index is 13.5. The van der Waals surface area contributed by atoms with Gasteiger partial charge in [0, 0.05) is 17.0 Å². The van der Waals surface area contributed by atoms with Crippen LogP contribution in [0.2, 0.25) is 0 Å². The minimum atomic E-state index is -0.402. The summed E-state index contributed by atoms with van der Waals surface area (Å²) in [6, 6.07) is 19.0. The van der Waals surface area contributed by atoms with E-state index in [9.17, 15) is 9.59 Å². The van der Waals surface area contributed by atoms with E-state index in [4.69, 9.17) is 9.47 Å². The van der Waals surface area contributed by atoms with Crippen molar-refractivity contribution >= 4 is 11.8 Å². The summed E-state index contributed by atoms with van der Waals surface area (Å²) in [5.74, 6) is 1.21. The highest BCUT2D eigenvalue weighted by Gasteiger charge is 2.32. The van der Waals surface area contributed by atoms with Crippen LogP contribution < -0.4 is 9.47 Å². The van der Waals surface area contributed by atoms with Gasteiger partial charge in [0.15, 0.2) is 5.78 Å². The third-order valence-corrected chi connectivity index (χ3v) is 8.11. The summed E-state index contributed by atoms with van der Waals surface area (Å²) in [5.41, 5.74) is 7.55. The van der Waals surface area contributed by atoms with Crippen molar-refractivity contribution in [3.63, 3.8) is 0 Å². The smallest absolute Gasteiger partial charge is 0.343 e. The maximum absolute atomic E-state index is 13.5. The van der Waals surface area contributed by atoms with Crippen molar-refractivity contribution in [3.8, 4) is 22.6 Å². The third kappa shape index (κ3) is 7.24. The van der Waals surface area contributed by atoms with Crippen LogP contribution in [-0.2, 0) is 6.42 Å². The van der Waals surface area contributed by atoms with Gasteiger partial charge in [0.05, 0.1) is 12.7 Å². The largest absolute Gasteiger partial charge is 0.496 e. The number of ketones is 1. The van der Waals surface area contributed by atoms with Gasteiger partial charge in [-0.3, -0.25) is 4.79 Å². The first-order valence-corrected chi connectivity index (χ1v) is 14.7. The van der Waals surface area contributed by atoms with Crippen LogP contribution in [0.25, 0.3) is 11.1 Å². The van der Waals surface area contributed by atoms with E-state index < -0.39 is 5.97 Å². The van der Waals surface area contributed by atoms with Crippen molar-refractivity contribution < 1.29 is 19.1 Å². The predicted octanol–water partition coefficient (Wildman–Crippen LogP) is 9.53. The van der Waals surface area contributed by atoms with Gasteiger partial charge in [0.2, 0.25) is 0 Å². The van der Waals surface area contributed by atoms with E-state index in [1.54, 1.807) is 26.2 Å². The topological polar surface area (TPSA) is 52.6 Å². The van der Waals surface area contributed by atoms with E-state index in [-0.39, 0.29) is 17.6 Å². The van der Waals surface area contributed by atoms with Crippen LogP contribution in [0.15, 0.2) is 84.5 Å². The Morgan fingerprint density at radius 1 is 0.902 bits per heavy atom. The zero-order chi connectivity index (χ0) is 29.5. The molecular weight excluding hydrogens is 508 g/mol. The summed E-state index contributed by atoms with van der Waals surface area (Å²) in [5, 5.41) is 0. The van der Waals surface area contributed by atoms with Crippen molar-refractivity contribution in [1.82, 2.24) is 0 Å². The Morgan fingerprint density at radius 2 is 1.51 bits per heavy atom. The van der Waals surface area contributed by atoms with Crippen LogP contribution in [-0.4, -0.2) is 18.9 Å². The molecule has 0 bridgehead atoms. The van der Waals surface area contributed by atoms with Crippen molar-refractivity contribution in [3.05, 3.63) is 107 Å². The summed E-state index contributed by atoms with van der Waals surface area (Å²) < 4.78 is 12.2. The lowest BCUT2D eigenvalue weighted by atomic mass is 9.73. The first kappa shape index (κ1) is 30.0. The van der Waals surface area contributed by atoms with Crippen LogP contribution in [0.4, 0.5) is 0 Å². The molecule has 1 aliphatic rings. The van der Waals surface area contributed by atoms with Gasteiger partial charge in [-0.1, -0.05) is 80.0 Å². The van der Waals surface area contributed by atoms with Crippen LogP contribution in [0.5, 0.6) is 11.5 Å². The minimum absolute atomic E-state index is 0.0176. The number of hydrogen-bond donors (Lipinski definition) is 0. The van der Waals surface area contributed by atoms with Gasteiger partial charge in [-0.15, -0.1) is 0 Å². The van der Waals surface area contributed by atoms with E-state index in [1.807, 2.05) is 42.5 Å². The number of hydrogen-bond acceptors (Lipinski definition) is 4. The molecule has 0 saturated carbocycles. The number of allylic oxidation sites excluding steroid dienone is 3. The molecule has 3 aromatic carbocycles. The lowest BCUT2D eigenvalue weighted by Crippen LogP contribution is -2.20. The quantitative estimate of drug-likeness (QED) is 0.0784. The number of methoxy groups -OCH3 is 1. The molecule has 41 heavy (non-hydrogen) atoms. The number of carbonyl (C=O) groups is 2. The predicted molar refractivity (Wildman–Crippen MR) is 167 cm³/mol. The molecule has 0 radical (unpaired) electrons. The molecule has 0 unspecified atom stereocenters. The number of carbonyl (C=O) groups excluding carboxylic acids is 2. The molecule has 0 fully saturated rings. The SMILES string of the molecule is C=C(C)[C@@H]1CCC(C)=C[C@H]1c1c(OC)cc(CCCCC)cc1OC(=O)c1ccc(-c2ccc(C(C)=O)cc2)cc1. The zero-order valence-electron chi connectivity index (χ0n) is 25.1. The number of unbranched alkanes of at least 4 members (excludes halogenated alkanes) is 2. The van der Waals surface area contributed by atoms with E-state index in [2.05, 4.69) is 39.5 Å². The molecule has 0 heterocycles. The molecule has 0 N–H and O–H groups in total. The Hall–Kier alpha value is -3.92. The molecule has 0 aromatic heterocycles. The second-order valence-corrected chi connectivity index (χ2v) is 11.3. The van der Waals surface area contributed by atoms with Crippen LogP contribution in [0, 0.1) is 5.92 Å².